The Morgan fingerprint density at radius 2 is 2.04 bits per heavy atom. The Hall–Kier alpha value is -2.81. The molecule has 1 heterocycles. The van der Waals surface area contributed by atoms with E-state index in [0.29, 0.717) is 24.7 Å². The Labute approximate surface area is 159 Å². The van der Waals surface area contributed by atoms with Crippen LogP contribution in [0.2, 0.25) is 0 Å². The van der Waals surface area contributed by atoms with Gasteiger partial charge in [0.15, 0.2) is 11.5 Å². The highest BCUT2D eigenvalue weighted by atomic mass is 79.9. The normalized spacial score (nSPS) is 10.6. The van der Waals surface area contributed by atoms with Gasteiger partial charge in [0.25, 0.3) is 5.95 Å². The Morgan fingerprint density at radius 3 is 2.73 bits per heavy atom. The summed E-state index contributed by atoms with van der Waals surface area (Å²) in [5, 5.41) is 10.9. The van der Waals surface area contributed by atoms with E-state index in [4.69, 9.17) is 15.2 Å². The summed E-state index contributed by atoms with van der Waals surface area (Å²) in [6.07, 6.45) is 0. The van der Waals surface area contributed by atoms with E-state index < -0.39 is 0 Å². The average Bonchev–Trinajstić information content (AvgIpc) is 3.05. The highest BCUT2D eigenvalue weighted by molar-refractivity contribution is 9.10. The summed E-state index contributed by atoms with van der Waals surface area (Å²) < 4.78 is 12.5. The molecule has 9 heteroatoms. The standard InChI is InChI=1S/C17H19BrN6O2/c1-11-5-3-4-6-12(11)10-26-16-13(14(18)7-8-15(16)25-2)9-20-24-17(19)21-22-23-24/h3-8,20H,9-10H2,1-2H3,(H2,19,21,23). The second-order valence-electron chi connectivity index (χ2n) is 5.56. The van der Waals surface area contributed by atoms with Crippen molar-refractivity contribution in [2.75, 3.05) is 18.3 Å². The molecule has 0 aliphatic heterocycles. The molecule has 0 unspecified atom stereocenters. The number of aromatic nitrogens is 4. The molecular weight excluding hydrogens is 400 g/mol. The van der Waals surface area contributed by atoms with Crippen molar-refractivity contribution < 1.29 is 9.47 Å². The van der Waals surface area contributed by atoms with E-state index in [1.54, 1.807) is 7.11 Å². The molecule has 0 spiro atoms. The first-order valence-corrected chi connectivity index (χ1v) is 8.70. The molecule has 0 atom stereocenters. The van der Waals surface area contributed by atoms with Crippen molar-refractivity contribution in [1.82, 2.24) is 20.3 Å². The summed E-state index contributed by atoms with van der Waals surface area (Å²) in [5.41, 5.74) is 11.9. The van der Waals surface area contributed by atoms with Crippen LogP contribution in [0.1, 0.15) is 16.7 Å². The molecule has 0 radical (unpaired) electrons. The van der Waals surface area contributed by atoms with Crippen LogP contribution in [0.4, 0.5) is 5.95 Å². The van der Waals surface area contributed by atoms with Gasteiger partial charge >= 0.3 is 0 Å². The van der Waals surface area contributed by atoms with Crippen LogP contribution in [0.5, 0.6) is 11.5 Å². The average molecular weight is 419 g/mol. The number of nitrogens with two attached hydrogens (primary N) is 1. The molecule has 0 fully saturated rings. The minimum atomic E-state index is 0.173. The Bertz CT molecular complexity index is 899. The molecule has 3 aromatic rings. The molecule has 0 saturated heterocycles. The second-order valence-corrected chi connectivity index (χ2v) is 6.41. The molecule has 0 saturated carbocycles. The number of nitrogens with zero attached hydrogens (tertiary/aromatic N) is 4. The molecule has 26 heavy (non-hydrogen) atoms. The Balaban J connectivity index is 1.85. The van der Waals surface area contributed by atoms with Gasteiger partial charge in [0, 0.05) is 10.0 Å². The van der Waals surface area contributed by atoms with E-state index in [1.807, 2.05) is 30.3 Å². The molecule has 0 aliphatic rings. The number of benzene rings is 2. The van der Waals surface area contributed by atoms with E-state index in [1.165, 1.54) is 10.4 Å². The highest BCUT2D eigenvalue weighted by Gasteiger charge is 2.16. The molecule has 0 aliphatic carbocycles. The number of tetrazole rings is 1. The molecule has 8 nitrogen and oxygen atoms in total. The van der Waals surface area contributed by atoms with Gasteiger partial charge in [0.1, 0.15) is 6.61 Å². The zero-order chi connectivity index (χ0) is 18.5. The minimum absolute atomic E-state index is 0.173. The van der Waals surface area contributed by atoms with Crippen molar-refractivity contribution >= 4 is 21.9 Å². The van der Waals surface area contributed by atoms with Gasteiger partial charge in [-0.2, -0.15) is 0 Å². The number of nitrogens with one attached hydrogen (secondary N) is 1. The van der Waals surface area contributed by atoms with Crippen LogP contribution in [0.25, 0.3) is 0 Å². The van der Waals surface area contributed by atoms with Gasteiger partial charge < -0.3 is 20.6 Å². The molecule has 0 amide bonds. The number of hydrogen-bond donors (Lipinski definition) is 2. The fourth-order valence-corrected chi connectivity index (χ4v) is 2.90. The Kier molecular flexibility index (Phi) is 5.57. The number of hydrogen-bond acceptors (Lipinski definition) is 7. The topological polar surface area (TPSA) is 100 Å². The van der Waals surface area contributed by atoms with E-state index in [9.17, 15) is 0 Å². The van der Waals surface area contributed by atoms with Gasteiger partial charge in [-0.05, 0) is 40.6 Å². The number of rotatable bonds is 7. The summed E-state index contributed by atoms with van der Waals surface area (Å²) >= 11 is 3.57. The SMILES string of the molecule is COc1ccc(Br)c(CNn2nnnc2N)c1OCc1ccccc1C. The lowest BCUT2D eigenvalue weighted by atomic mass is 10.1. The summed E-state index contributed by atoms with van der Waals surface area (Å²) in [6.45, 7) is 2.87. The molecule has 1 aromatic heterocycles. The van der Waals surface area contributed by atoms with Crippen LogP contribution in [0, 0.1) is 6.92 Å². The minimum Gasteiger partial charge on any atom is -0.493 e. The van der Waals surface area contributed by atoms with Crippen molar-refractivity contribution in [2.24, 2.45) is 0 Å². The summed E-state index contributed by atoms with van der Waals surface area (Å²) in [6, 6.07) is 11.8. The number of nitrogen functional groups attached to an aromatic ring is 1. The predicted octanol–water partition coefficient (Wildman–Crippen LogP) is 2.66. The summed E-state index contributed by atoms with van der Waals surface area (Å²) in [4.78, 5) is 1.30. The van der Waals surface area contributed by atoms with Gasteiger partial charge in [-0.15, -0.1) is 4.79 Å². The second kappa shape index (κ2) is 8.05. The van der Waals surface area contributed by atoms with Crippen molar-refractivity contribution in [2.45, 2.75) is 20.1 Å². The molecule has 136 valence electrons. The first-order valence-electron chi connectivity index (χ1n) is 7.90. The molecule has 3 N–H and O–H groups in total. The van der Waals surface area contributed by atoms with Crippen LogP contribution in [0.3, 0.4) is 0 Å². The summed E-state index contributed by atoms with van der Waals surface area (Å²) in [5.74, 6) is 1.46. The maximum Gasteiger partial charge on any atom is 0.260 e. The number of halogens is 1. The lowest BCUT2D eigenvalue weighted by Crippen LogP contribution is -2.19. The maximum absolute atomic E-state index is 6.12. The lowest BCUT2D eigenvalue weighted by molar-refractivity contribution is 0.280. The van der Waals surface area contributed by atoms with Gasteiger partial charge in [0.2, 0.25) is 0 Å². The monoisotopic (exact) mass is 418 g/mol. The molecule has 2 aromatic carbocycles. The van der Waals surface area contributed by atoms with Crippen LogP contribution in [0.15, 0.2) is 40.9 Å². The van der Waals surface area contributed by atoms with E-state index in [0.717, 1.165) is 15.6 Å². The first kappa shape index (κ1) is 18.0. The van der Waals surface area contributed by atoms with Crippen LogP contribution >= 0.6 is 15.9 Å². The largest absolute Gasteiger partial charge is 0.493 e. The first-order chi connectivity index (χ1) is 12.6. The fraction of sp³-hybridized carbons (Fsp3) is 0.235. The van der Waals surface area contributed by atoms with E-state index in [2.05, 4.69) is 49.9 Å². The van der Waals surface area contributed by atoms with E-state index >= 15 is 0 Å². The van der Waals surface area contributed by atoms with Crippen LogP contribution in [-0.2, 0) is 13.2 Å². The fourth-order valence-electron chi connectivity index (χ4n) is 2.45. The molecule has 3 rings (SSSR count). The smallest absolute Gasteiger partial charge is 0.260 e. The van der Waals surface area contributed by atoms with Crippen molar-refractivity contribution in [1.29, 1.82) is 0 Å². The summed E-state index contributed by atoms with van der Waals surface area (Å²) in [7, 11) is 1.61. The van der Waals surface area contributed by atoms with Gasteiger partial charge in [-0.1, -0.05) is 45.3 Å². The lowest BCUT2D eigenvalue weighted by Gasteiger charge is -2.18. The van der Waals surface area contributed by atoms with Crippen molar-refractivity contribution in [3.63, 3.8) is 0 Å². The van der Waals surface area contributed by atoms with Gasteiger partial charge in [0.05, 0.1) is 13.7 Å². The van der Waals surface area contributed by atoms with Crippen molar-refractivity contribution in [3.8, 4) is 11.5 Å². The molecule has 0 bridgehead atoms. The quantitative estimate of drug-likeness (QED) is 0.607. The zero-order valence-electron chi connectivity index (χ0n) is 14.4. The van der Waals surface area contributed by atoms with Crippen LogP contribution < -0.4 is 20.6 Å². The highest BCUT2D eigenvalue weighted by Crippen LogP contribution is 2.37. The third-order valence-corrected chi connectivity index (χ3v) is 4.66. The van der Waals surface area contributed by atoms with E-state index in [-0.39, 0.29) is 5.95 Å². The third-order valence-electron chi connectivity index (χ3n) is 3.92. The van der Waals surface area contributed by atoms with Crippen molar-refractivity contribution in [3.05, 3.63) is 57.6 Å². The predicted molar refractivity (Wildman–Crippen MR) is 101 cm³/mol. The Morgan fingerprint density at radius 1 is 1.23 bits per heavy atom. The van der Waals surface area contributed by atoms with Gasteiger partial charge in [-0.25, -0.2) is 0 Å². The van der Waals surface area contributed by atoms with Crippen LogP contribution in [-0.4, -0.2) is 27.4 Å². The number of ether oxygens (including phenoxy) is 2. The third kappa shape index (κ3) is 3.88. The number of anilines is 1. The number of methoxy groups -OCH3 is 1. The zero-order valence-corrected chi connectivity index (χ0v) is 16.0. The van der Waals surface area contributed by atoms with Gasteiger partial charge in [-0.3, -0.25) is 0 Å². The number of aryl methyl sites for hydroxylation is 1. The molecular formula is C17H19BrN6O2. The maximum atomic E-state index is 6.12.